The molecule has 0 aromatic carbocycles. The number of hydrogen-bond acceptors (Lipinski definition) is 9. The predicted molar refractivity (Wildman–Crippen MR) is 183 cm³/mol. The van der Waals surface area contributed by atoms with Crippen LogP contribution < -0.4 is 0 Å². The summed E-state index contributed by atoms with van der Waals surface area (Å²) < 4.78 is 17.6. The second-order valence-electron chi connectivity index (χ2n) is 16.7. The number of carbonyl (C=O) groups is 1. The molecular weight excluding hydrogens is 610 g/mol. The van der Waals surface area contributed by atoms with Crippen LogP contribution in [0.4, 0.5) is 0 Å². The summed E-state index contributed by atoms with van der Waals surface area (Å²) in [4.78, 5) is 17.1. The number of unbranched alkanes of at least 4 members (excludes halogenated alkanes) is 7. The summed E-state index contributed by atoms with van der Waals surface area (Å²) in [6.45, 7) is 7.31. The Morgan fingerprint density at radius 2 is 1.69 bits per heavy atom. The molecule has 0 spiro atoms. The van der Waals surface area contributed by atoms with Crippen LogP contribution in [0.3, 0.4) is 0 Å². The zero-order valence-electron chi connectivity index (χ0n) is 29.8. The number of nitrogens with zero attached hydrogens (tertiary/aromatic N) is 1. The Bertz CT molecular complexity index is 1180. The Balaban J connectivity index is 1.19. The number of hydrogen-bond donors (Lipinski definition) is 4. The molecule has 2 aliphatic heterocycles. The lowest BCUT2D eigenvalue weighted by Crippen LogP contribution is -2.69. The monoisotopic (exact) mass is 673 g/mol. The molecular formula is C39H63NO8. The first-order valence-corrected chi connectivity index (χ1v) is 19.5. The van der Waals surface area contributed by atoms with E-state index in [0.717, 1.165) is 50.6 Å². The van der Waals surface area contributed by atoms with Crippen LogP contribution in [0.1, 0.15) is 136 Å². The summed E-state index contributed by atoms with van der Waals surface area (Å²) in [5, 5.41) is 46.1. The number of cyclic esters (lactones) is 1. The molecule has 0 unspecified atom stereocenters. The maximum Gasteiger partial charge on any atom is 0.331 e. The van der Waals surface area contributed by atoms with Crippen LogP contribution in [0.25, 0.3) is 0 Å². The second-order valence-corrected chi connectivity index (χ2v) is 16.7. The molecule has 0 aromatic rings. The van der Waals surface area contributed by atoms with Crippen molar-refractivity contribution < 1.29 is 39.4 Å². The quantitative estimate of drug-likeness (QED) is 0.0835. The van der Waals surface area contributed by atoms with Gasteiger partial charge in [0.25, 0.3) is 0 Å². The summed E-state index contributed by atoms with van der Waals surface area (Å²) in [6.07, 6.45) is 17.2. The van der Waals surface area contributed by atoms with Gasteiger partial charge < -0.3 is 34.6 Å². The largest absolute Gasteiger partial charge is 0.458 e. The Labute approximate surface area is 287 Å². The molecule has 0 aromatic heterocycles. The molecule has 9 heteroatoms. The van der Waals surface area contributed by atoms with Gasteiger partial charge in [0.05, 0.1) is 29.5 Å². The smallest absolute Gasteiger partial charge is 0.331 e. The lowest BCUT2D eigenvalue weighted by molar-refractivity contribution is -0.282. The molecule has 2 heterocycles. The van der Waals surface area contributed by atoms with Gasteiger partial charge in [0.1, 0.15) is 12.7 Å². The highest BCUT2D eigenvalue weighted by atomic mass is 16.7. The SMILES string of the molecule is CCCCCCCCCCN=C[C@]12CC[C@H](O[C@H]3C[C@@H](O)[C@H](O)[C@H](C)O3)C[C@@]1(O)CC[C@@H]1[C@@H]2CC[C@]2(C)[C@@H](C3=CC(=O)OC3)CC[C@]12O. The van der Waals surface area contributed by atoms with E-state index in [0.29, 0.717) is 32.3 Å². The van der Waals surface area contributed by atoms with Gasteiger partial charge in [-0.15, -0.1) is 0 Å². The van der Waals surface area contributed by atoms with Crippen LogP contribution in [-0.2, 0) is 19.0 Å². The Morgan fingerprint density at radius 1 is 0.958 bits per heavy atom. The molecule has 6 aliphatic rings. The van der Waals surface area contributed by atoms with Crippen molar-refractivity contribution in [2.75, 3.05) is 13.2 Å². The van der Waals surface area contributed by atoms with Crippen LogP contribution >= 0.6 is 0 Å². The van der Waals surface area contributed by atoms with E-state index in [1.165, 1.54) is 44.9 Å². The number of carbonyl (C=O) groups excluding carboxylic acids is 1. The van der Waals surface area contributed by atoms with E-state index in [4.69, 9.17) is 19.2 Å². The van der Waals surface area contributed by atoms with E-state index >= 15 is 0 Å². The molecule has 9 nitrogen and oxygen atoms in total. The summed E-state index contributed by atoms with van der Waals surface area (Å²) >= 11 is 0. The molecule has 1 saturated heterocycles. The summed E-state index contributed by atoms with van der Waals surface area (Å²) in [5.41, 5.74) is -1.80. The minimum absolute atomic E-state index is 0.0337. The minimum Gasteiger partial charge on any atom is -0.458 e. The molecule has 48 heavy (non-hydrogen) atoms. The predicted octanol–water partition coefficient (Wildman–Crippen LogP) is 5.79. The molecule has 0 bridgehead atoms. The van der Waals surface area contributed by atoms with Crippen molar-refractivity contribution in [2.45, 2.75) is 178 Å². The zero-order valence-corrected chi connectivity index (χ0v) is 29.8. The highest BCUT2D eigenvalue weighted by Gasteiger charge is 2.71. The maximum atomic E-state index is 12.8. The second kappa shape index (κ2) is 14.7. The van der Waals surface area contributed by atoms with Gasteiger partial charge in [-0.2, -0.15) is 0 Å². The third-order valence-corrected chi connectivity index (χ3v) is 14.1. The first-order chi connectivity index (χ1) is 23.0. The van der Waals surface area contributed by atoms with E-state index in [1.807, 2.05) is 0 Å². The first kappa shape index (κ1) is 36.4. The Hall–Kier alpha value is -1.36. The molecule has 4 aliphatic carbocycles. The first-order valence-electron chi connectivity index (χ1n) is 19.5. The van der Waals surface area contributed by atoms with Gasteiger partial charge in [-0.05, 0) is 88.0 Å². The average molecular weight is 674 g/mol. The van der Waals surface area contributed by atoms with Crippen LogP contribution in [0, 0.1) is 28.6 Å². The number of esters is 1. The molecule has 272 valence electrons. The highest BCUT2D eigenvalue weighted by molar-refractivity contribution is 5.85. The molecule has 4 saturated carbocycles. The third kappa shape index (κ3) is 6.58. The van der Waals surface area contributed by atoms with Crippen molar-refractivity contribution >= 4 is 12.2 Å². The molecule has 4 N–H and O–H groups in total. The van der Waals surface area contributed by atoms with Gasteiger partial charge in [-0.25, -0.2) is 4.79 Å². The Morgan fingerprint density at radius 3 is 2.40 bits per heavy atom. The maximum absolute atomic E-state index is 12.8. The molecule has 12 atom stereocenters. The normalized spacial score (nSPS) is 45.8. The van der Waals surface area contributed by atoms with E-state index < -0.39 is 41.2 Å². The summed E-state index contributed by atoms with van der Waals surface area (Å²) in [6, 6.07) is 0. The molecule has 0 amide bonds. The van der Waals surface area contributed by atoms with Crippen molar-refractivity contribution in [3.8, 4) is 0 Å². The third-order valence-electron chi connectivity index (χ3n) is 14.1. The number of fused-ring (bicyclic) bond motifs is 5. The van der Waals surface area contributed by atoms with Crippen molar-refractivity contribution in [2.24, 2.45) is 33.6 Å². The van der Waals surface area contributed by atoms with Crippen molar-refractivity contribution in [3.63, 3.8) is 0 Å². The van der Waals surface area contributed by atoms with Gasteiger partial charge in [0.15, 0.2) is 6.29 Å². The number of aliphatic imine (C=N–C) groups is 1. The topological polar surface area (TPSA) is 138 Å². The van der Waals surface area contributed by atoms with Crippen LogP contribution in [0.15, 0.2) is 16.6 Å². The fraction of sp³-hybridized carbons (Fsp3) is 0.897. The van der Waals surface area contributed by atoms with Gasteiger partial charge in [-0.3, -0.25) is 4.99 Å². The number of aliphatic hydroxyl groups excluding tert-OH is 2. The van der Waals surface area contributed by atoms with Crippen molar-refractivity contribution in [1.29, 1.82) is 0 Å². The van der Waals surface area contributed by atoms with E-state index in [-0.39, 0.29) is 41.7 Å². The number of aliphatic hydroxyl groups is 4. The minimum atomic E-state index is -1.03. The number of ether oxygens (including phenoxy) is 3. The average Bonchev–Trinajstić information content (AvgIpc) is 3.60. The number of rotatable bonds is 13. The molecule has 5 fully saturated rings. The van der Waals surface area contributed by atoms with Crippen molar-refractivity contribution in [3.05, 3.63) is 11.6 Å². The zero-order chi connectivity index (χ0) is 34.2. The molecule has 6 rings (SSSR count). The summed E-state index contributed by atoms with van der Waals surface area (Å²) in [5.74, 6) is -0.0240. The fourth-order valence-electron chi connectivity index (χ4n) is 11.3. The standard InChI is InChI=1S/C39H63NO8/c1-4-5-6-7-8-9-10-11-20-40-25-37-17-12-28(48-34-22-32(41)35(43)26(2)47-34)23-38(37,44)18-14-31-30(37)13-16-36(3)29(15-19-39(31,36)45)27-21-33(42)46-24-27/h21,25-26,28-32,34-35,41,43-45H,4-20,22-24H2,1-3H3/t26-,28-,29+,30-,31+,32+,34-,35+,36+,37-,38-,39-/m0/s1. The lowest BCUT2D eigenvalue weighted by Gasteiger charge is -2.66. The highest BCUT2D eigenvalue weighted by Crippen LogP contribution is 2.70. The lowest BCUT2D eigenvalue weighted by atomic mass is 9.41. The van der Waals surface area contributed by atoms with E-state index in [1.54, 1.807) is 13.0 Å². The van der Waals surface area contributed by atoms with Crippen LogP contribution in [0.2, 0.25) is 0 Å². The van der Waals surface area contributed by atoms with Gasteiger partial charge in [0, 0.05) is 42.5 Å². The fourth-order valence-corrected chi connectivity index (χ4v) is 11.3. The van der Waals surface area contributed by atoms with Gasteiger partial charge in [-0.1, -0.05) is 58.8 Å². The molecule has 0 radical (unpaired) electrons. The van der Waals surface area contributed by atoms with Crippen molar-refractivity contribution in [1.82, 2.24) is 0 Å². The van der Waals surface area contributed by atoms with E-state index in [9.17, 15) is 25.2 Å². The summed E-state index contributed by atoms with van der Waals surface area (Å²) in [7, 11) is 0. The van der Waals surface area contributed by atoms with Crippen LogP contribution in [-0.4, -0.2) is 87.7 Å². The van der Waals surface area contributed by atoms with Gasteiger partial charge in [0.2, 0.25) is 0 Å². The Kier molecular flexibility index (Phi) is 11.2. The van der Waals surface area contributed by atoms with E-state index in [2.05, 4.69) is 20.1 Å². The van der Waals surface area contributed by atoms with Crippen LogP contribution in [0.5, 0.6) is 0 Å². The van der Waals surface area contributed by atoms with Gasteiger partial charge >= 0.3 is 5.97 Å².